The minimum Gasteiger partial charge on any atom is -0.379 e. The largest absolute Gasteiger partial charge is 0.379 e. The van der Waals surface area contributed by atoms with Crippen LogP contribution in [0.4, 0.5) is 0 Å². The van der Waals surface area contributed by atoms with Gasteiger partial charge in [0.25, 0.3) is 0 Å². The number of halogens is 2. The van der Waals surface area contributed by atoms with Crippen molar-refractivity contribution in [2.24, 2.45) is 10.8 Å². The van der Waals surface area contributed by atoms with Gasteiger partial charge in [-0.05, 0) is 78.1 Å². The van der Waals surface area contributed by atoms with Crippen molar-refractivity contribution in [1.82, 2.24) is 4.90 Å². The third kappa shape index (κ3) is 6.42. The lowest BCUT2D eigenvalue weighted by molar-refractivity contribution is -0.119. The Kier molecular flexibility index (Phi) is 8.49. The van der Waals surface area contributed by atoms with Crippen LogP contribution in [-0.4, -0.2) is 31.4 Å². The van der Waals surface area contributed by atoms with E-state index in [4.69, 9.17) is 27.4 Å². The number of nitrogens with zero attached hydrogens (tertiary/aromatic N) is 1. The van der Waals surface area contributed by atoms with Gasteiger partial charge in [-0.2, -0.15) is 8.42 Å². The second-order valence-corrected chi connectivity index (χ2v) is 16.5. The highest BCUT2D eigenvalue weighted by Gasteiger charge is 2.49. The number of hydrogen-bond acceptors (Lipinski definition) is 6. The molecule has 0 saturated heterocycles. The summed E-state index contributed by atoms with van der Waals surface area (Å²) in [7, 11) is -4.29. The molecule has 0 fully saturated rings. The van der Waals surface area contributed by atoms with E-state index in [2.05, 4.69) is 44.7 Å². The molecule has 0 aromatic heterocycles. The van der Waals surface area contributed by atoms with E-state index in [1.54, 1.807) is 12.1 Å². The van der Waals surface area contributed by atoms with Gasteiger partial charge in [-0.25, -0.2) is 0 Å². The second-order valence-electron chi connectivity index (χ2n) is 14.1. The van der Waals surface area contributed by atoms with E-state index < -0.39 is 16.0 Å². The maximum Gasteiger partial charge on any atom is 0.339 e. The smallest absolute Gasteiger partial charge is 0.339 e. The van der Waals surface area contributed by atoms with Crippen LogP contribution >= 0.6 is 23.2 Å². The number of carbonyl (C=O) groups is 2. The normalized spacial score (nSPS) is 19.7. The number of Topliss-reactive ketones (excluding diaryl/α,β-unsaturated/α-hetero) is 2. The molecule has 0 N–H and O–H groups in total. The summed E-state index contributed by atoms with van der Waals surface area (Å²) in [6.45, 7) is 8.96. The van der Waals surface area contributed by atoms with Crippen LogP contribution in [0.1, 0.15) is 70.4 Å². The zero-order valence-corrected chi connectivity index (χ0v) is 28.7. The molecule has 3 aliphatic rings. The molecule has 2 aliphatic carbocycles. The lowest BCUT2D eigenvalue weighted by Crippen LogP contribution is -2.45. The number of carbonyl (C=O) groups excluding carboxylic acids is 2. The molecular formula is C37H37Cl2NO5S. The van der Waals surface area contributed by atoms with Crippen molar-refractivity contribution in [3.63, 3.8) is 0 Å². The first-order valence-electron chi connectivity index (χ1n) is 15.5. The van der Waals surface area contributed by atoms with Crippen LogP contribution in [0.15, 0.2) is 100 Å². The number of rotatable bonds is 7. The fraction of sp³-hybridized carbons (Fsp3) is 0.351. The summed E-state index contributed by atoms with van der Waals surface area (Å²) in [6.07, 6.45) is 2.59. The molecule has 3 aromatic rings. The first-order valence-corrected chi connectivity index (χ1v) is 17.6. The lowest BCUT2D eigenvalue weighted by Gasteiger charge is -2.49. The Hall–Kier alpha value is -3.39. The molecular weight excluding hydrogens is 641 g/mol. The SMILES string of the molecule is CC1(C)CC(=O)C2=C(C1)N(CCc1ccccc1)C1=C(C(=O)CC(C)(C)C1)C2c1cc(Cl)ccc1OS(=O)(=O)c1ccc(Cl)cc1. The van der Waals surface area contributed by atoms with Crippen molar-refractivity contribution in [2.75, 3.05) is 6.54 Å². The van der Waals surface area contributed by atoms with E-state index in [1.165, 1.54) is 30.3 Å². The van der Waals surface area contributed by atoms with Crippen molar-refractivity contribution < 1.29 is 22.2 Å². The molecule has 0 amide bonds. The number of benzene rings is 3. The maximum atomic E-state index is 14.3. The Morgan fingerprint density at radius 3 is 1.87 bits per heavy atom. The third-order valence-electron chi connectivity index (χ3n) is 9.07. The van der Waals surface area contributed by atoms with Crippen molar-refractivity contribution in [3.05, 3.63) is 117 Å². The summed E-state index contributed by atoms with van der Waals surface area (Å²) >= 11 is 12.6. The van der Waals surface area contributed by atoms with Crippen LogP contribution in [0.5, 0.6) is 5.75 Å². The summed E-state index contributed by atoms with van der Waals surface area (Å²) in [6, 6.07) is 20.6. The Balaban J connectivity index is 1.55. The molecule has 0 unspecified atom stereocenters. The Bertz CT molecular complexity index is 1840. The maximum absolute atomic E-state index is 14.3. The summed E-state index contributed by atoms with van der Waals surface area (Å²) in [4.78, 5) is 30.7. The molecule has 0 atom stereocenters. The van der Waals surface area contributed by atoms with Crippen molar-refractivity contribution in [1.29, 1.82) is 0 Å². The van der Waals surface area contributed by atoms with E-state index in [-0.39, 0.29) is 33.0 Å². The summed E-state index contributed by atoms with van der Waals surface area (Å²) in [5.74, 6) is -0.913. The molecule has 240 valence electrons. The minimum absolute atomic E-state index is 0.0241. The number of ketones is 2. The van der Waals surface area contributed by atoms with E-state index in [0.29, 0.717) is 59.0 Å². The van der Waals surface area contributed by atoms with Crippen LogP contribution in [0.3, 0.4) is 0 Å². The molecule has 6 rings (SSSR count). The lowest BCUT2D eigenvalue weighted by atomic mass is 9.63. The van der Waals surface area contributed by atoms with Gasteiger partial charge in [0, 0.05) is 63.5 Å². The first kappa shape index (κ1) is 32.5. The predicted molar refractivity (Wildman–Crippen MR) is 180 cm³/mol. The fourth-order valence-corrected chi connectivity index (χ4v) is 8.36. The van der Waals surface area contributed by atoms with Gasteiger partial charge in [-0.15, -0.1) is 0 Å². The van der Waals surface area contributed by atoms with Crippen molar-refractivity contribution in [2.45, 2.75) is 70.6 Å². The summed E-state index contributed by atoms with van der Waals surface area (Å²) in [5, 5.41) is 0.732. The van der Waals surface area contributed by atoms with E-state index in [0.717, 1.165) is 23.4 Å². The molecule has 0 saturated carbocycles. The number of hydrogen-bond donors (Lipinski definition) is 0. The van der Waals surface area contributed by atoms with Gasteiger partial charge in [-0.3, -0.25) is 9.59 Å². The molecule has 3 aromatic carbocycles. The van der Waals surface area contributed by atoms with E-state index >= 15 is 0 Å². The highest BCUT2D eigenvalue weighted by atomic mass is 35.5. The monoisotopic (exact) mass is 677 g/mol. The molecule has 6 nitrogen and oxygen atoms in total. The van der Waals surface area contributed by atoms with Gasteiger partial charge < -0.3 is 9.08 Å². The predicted octanol–water partition coefficient (Wildman–Crippen LogP) is 8.69. The molecule has 46 heavy (non-hydrogen) atoms. The zero-order chi connectivity index (χ0) is 33.0. The van der Waals surface area contributed by atoms with Gasteiger partial charge in [0.05, 0.1) is 0 Å². The molecule has 1 aliphatic heterocycles. The van der Waals surface area contributed by atoms with Gasteiger partial charge in [0.15, 0.2) is 11.6 Å². The Labute approximate surface area is 281 Å². The average Bonchev–Trinajstić information content (AvgIpc) is 2.96. The first-order chi connectivity index (χ1) is 21.6. The van der Waals surface area contributed by atoms with Gasteiger partial charge in [0.2, 0.25) is 0 Å². The Morgan fingerprint density at radius 1 is 0.761 bits per heavy atom. The minimum atomic E-state index is -4.29. The second kappa shape index (κ2) is 12.0. The molecule has 9 heteroatoms. The van der Waals surface area contributed by atoms with Gasteiger partial charge >= 0.3 is 10.1 Å². The van der Waals surface area contributed by atoms with Crippen LogP contribution in [0, 0.1) is 10.8 Å². The number of allylic oxidation sites excluding steroid dienone is 4. The van der Waals surface area contributed by atoms with E-state index in [1.807, 2.05) is 18.2 Å². The van der Waals surface area contributed by atoms with Crippen LogP contribution in [0.2, 0.25) is 10.0 Å². The summed E-state index contributed by atoms with van der Waals surface area (Å²) in [5.41, 5.74) is 3.76. The molecule has 0 radical (unpaired) electrons. The zero-order valence-electron chi connectivity index (χ0n) is 26.4. The molecule has 1 heterocycles. The summed E-state index contributed by atoms with van der Waals surface area (Å²) < 4.78 is 32.8. The van der Waals surface area contributed by atoms with E-state index in [9.17, 15) is 18.0 Å². The molecule has 0 spiro atoms. The highest BCUT2D eigenvalue weighted by molar-refractivity contribution is 7.87. The third-order valence-corrected chi connectivity index (χ3v) is 10.8. The fourth-order valence-electron chi connectivity index (χ4n) is 7.10. The highest BCUT2D eigenvalue weighted by Crippen LogP contribution is 2.56. The van der Waals surface area contributed by atoms with Crippen LogP contribution < -0.4 is 4.18 Å². The van der Waals surface area contributed by atoms with Gasteiger partial charge in [-0.1, -0.05) is 81.2 Å². The topological polar surface area (TPSA) is 80.8 Å². The van der Waals surface area contributed by atoms with Crippen molar-refractivity contribution >= 4 is 44.9 Å². The van der Waals surface area contributed by atoms with Crippen LogP contribution in [0.25, 0.3) is 0 Å². The average molecular weight is 679 g/mol. The van der Waals surface area contributed by atoms with Crippen LogP contribution in [-0.2, 0) is 26.1 Å². The molecule has 0 bridgehead atoms. The van der Waals surface area contributed by atoms with Crippen molar-refractivity contribution in [3.8, 4) is 5.75 Å². The van der Waals surface area contributed by atoms with Gasteiger partial charge in [0.1, 0.15) is 10.6 Å². The quantitative estimate of drug-likeness (QED) is 0.233. The standard InChI is InChI=1S/C37H37Cl2NO5S/c1-36(2)19-28-34(30(41)21-36)33(27-18-25(39)12-15-32(27)45-46(43,44)26-13-10-24(38)11-14-26)35-29(20-37(3,4)22-31(35)42)40(28)17-16-23-8-6-5-7-9-23/h5-15,18,33H,16-17,19-22H2,1-4H3. The Morgan fingerprint density at radius 2 is 1.30 bits per heavy atom.